The number of rotatable bonds is 8. The number of carbonyl (C=O) groups excluding carboxylic acids is 1. The quantitative estimate of drug-likeness (QED) is 0.709. The van der Waals surface area contributed by atoms with Crippen LogP contribution >= 0.6 is 0 Å². The van der Waals surface area contributed by atoms with Crippen LogP contribution in [0.15, 0.2) is 18.2 Å². The van der Waals surface area contributed by atoms with Gasteiger partial charge in [-0.25, -0.2) is 0 Å². The average molecular weight is 346 g/mol. The Morgan fingerprint density at radius 2 is 2.08 bits per heavy atom. The van der Waals surface area contributed by atoms with Crippen molar-refractivity contribution in [3.05, 3.63) is 29.3 Å². The van der Waals surface area contributed by atoms with E-state index in [-0.39, 0.29) is 17.9 Å². The number of hydrogen-bond donors (Lipinski definition) is 2. The van der Waals surface area contributed by atoms with Crippen molar-refractivity contribution in [3.63, 3.8) is 0 Å². The van der Waals surface area contributed by atoms with Crippen LogP contribution in [-0.4, -0.2) is 31.8 Å². The molecule has 2 aliphatic rings. The summed E-state index contributed by atoms with van der Waals surface area (Å²) in [5, 5.41) is 3.09. The Bertz CT molecular complexity index is 603. The van der Waals surface area contributed by atoms with Crippen LogP contribution in [-0.2, 0) is 16.1 Å². The summed E-state index contributed by atoms with van der Waals surface area (Å²) >= 11 is 0. The smallest absolute Gasteiger partial charge is 0.225 e. The van der Waals surface area contributed by atoms with E-state index in [9.17, 15) is 4.79 Å². The van der Waals surface area contributed by atoms with E-state index < -0.39 is 0 Å². The Labute approximate surface area is 150 Å². The fourth-order valence-corrected chi connectivity index (χ4v) is 4.32. The molecule has 4 unspecified atom stereocenters. The number of benzene rings is 1. The van der Waals surface area contributed by atoms with E-state index in [1.165, 1.54) is 6.42 Å². The summed E-state index contributed by atoms with van der Waals surface area (Å²) in [5.41, 5.74) is 8.41. The van der Waals surface area contributed by atoms with Crippen LogP contribution in [0.2, 0.25) is 0 Å². The highest BCUT2D eigenvalue weighted by molar-refractivity contribution is 5.80. The third-order valence-corrected chi connectivity index (χ3v) is 5.65. The van der Waals surface area contributed by atoms with Gasteiger partial charge in [-0.3, -0.25) is 4.79 Å². The predicted octanol–water partition coefficient (Wildman–Crippen LogP) is 2.40. The van der Waals surface area contributed by atoms with Crippen LogP contribution in [0.25, 0.3) is 0 Å². The Hall–Kier alpha value is -1.59. The molecule has 0 aliphatic heterocycles. The first-order valence-corrected chi connectivity index (χ1v) is 9.43. The number of hydrogen-bond acceptors (Lipinski definition) is 4. The molecule has 4 atom stereocenters. The zero-order valence-corrected chi connectivity index (χ0v) is 15.3. The van der Waals surface area contributed by atoms with Gasteiger partial charge in [-0.05, 0) is 56.6 Å². The van der Waals surface area contributed by atoms with Crippen molar-refractivity contribution in [2.75, 3.05) is 19.8 Å². The third-order valence-electron chi connectivity index (χ3n) is 5.65. The number of ether oxygens (including phenoxy) is 2. The fourth-order valence-electron chi connectivity index (χ4n) is 4.32. The largest absolute Gasteiger partial charge is 0.491 e. The van der Waals surface area contributed by atoms with Crippen LogP contribution in [0.3, 0.4) is 0 Å². The monoisotopic (exact) mass is 346 g/mol. The summed E-state index contributed by atoms with van der Waals surface area (Å²) in [6, 6.07) is 6.10. The third kappa shape index (κ3) is 4.15. The molecule has 2 fully saturated rings. The molecule has 138 valence electrons. The molecular formula is C20H30N2O3. The maximum Gasteiger partial charge on any atom is 0.225 e. The minimum absolute atomic E-state index is 0.0217. The minimum Gasteiger partial charge on any atom is -0.491 e. The Kier molecular flexibility index (Phi) is 5.97. The van der Waals surface area contributed by atoms with E-state index in [2.05, 4.69) is 5.32 Å². The first-order valence-electron chi connectivity index (χ1n) is 9.43. The van der Waals surface area contributed by atoms with Gasteiger partial charge in [-0.2, -0.15) is 0 Å². The lowest BCUT2D eigenvalue weighted by Crippen LogP contribution is -2.45. The molecule has 0 spiro atoms. The lowest BCUT2D eigenvalue weighted by Gasteiger charge is -2.27. The summed E-state index contributed by atoms with van der Waals surface area (Å²) in [6.45, 7) is 6.24. The zero-order chi connectivity index (χ0) is 17.8. The van der Waals surface area contributed by atoms with E-state index in [1.54, 1.807) is 0 Å². The molecule has 25 heavy (non-hydrogen) atoms. The second kappa shape index (κ2) is 8.19. The minimum atomic E-state index is -0.0217. The summed E-state index contributed by atoms with van der Waals surface area (Å²) in [6.07, 6.45) is 3.45. The van der Waals surface area contributed by atoms with Crippen LogP contribution in [0.5, 0.6) is 5.75 Å². The molecule has 2 saturated carbocycles. The topological polar surface area (TPSA) is 73.6 Å². The summed E-state index contributed by atoms with van der Waals surface area (Å²) < 4.78 is 11.2. The number of aryl methyl sites for hydroxylation is 1. The molecule has 0 heterocycles. The lowest BCUT2D eigenvalue weighted by atomic mass is 9.84. The molecule has 1 amide bonds. The normalized spacial score (nSPS) is 27.5. The fraction of sp³-hybridized carbons (Fsp3) is 0.650. The molecule has 3 N–H and O–H groups in total. The SMILES string of the molecule is CCOCCOc1cc(C)ccc1CNC(=O)C1C2CCC(C2)C1N. The number of amides is 1. The number of nitrogens with two attached hydrogens (primary N) is 1. The first-order chi connectivity index (χ1) is 12.1. The standard InChI is InChI=1S/C20H30N2O3/c1-3-24-8-9-25-17-10-13(2)4-5-16(17)12-22-20(23)18-14-6-7-15(11-14)19(18)21/h4-5,10,14-15,18-19H,3,6-9,11-12,21H2,1-2H3,(H,22,23). The summed E-state index contributed by atoms with van der Waals surface area (Å²) in [5.74, 6) is 1.90. The summed E-state index contributed by atoms with van der Waals surface area (Å²) in [4.78, 5) is 12.6. The van der Waals surface area contributed by atoms with Crippen molar-refractivity contribution in [2.24, 2.45) is 23.5 Å². The maximum atomic E-state index is 12.6. The molecule has 0 radical (unpaired) electrons. The zero-order valence-electron chi connectivity index (χ0n) is 15.3. The Morgan fingerprint density at radius 3 is 2.80 bits per heavy atom. The van der Waals surface area contributed by atoms with Gasteiger partial charge in [0.15, 0.2) is 0 Å². The van der Waals surface area contributed by atoms with Crippen molar-refractivity contribution in [3.8, 4) is 5.75 Å². The Balaban J connectivity index is 1.58. The van der Waals surface area contributed by atoms with E-state index in [4.69, 9.17) is 15.2 Å². The van der Waals surface area contributed by atoms with Crippen LogP contribution < -0.4 is 15.8 Å². The van der Waals surface area contributed by atoms with Gasteiger partial charge in [0.2, 0.25) is 5.91 Å². The molecule has 1 aromatic carbocycles. The maximum absolute atomic E-state index is 12.6. The van der Waals surface area contributed by atoms with Crippen LogP contribution in [0.4, 0.5) is 0 Å². The van der Waals surface area contributed by atoms with Gasteiger partial charge in [0.05, 0.1) is 12.5 Å². The average Bonchev–Trinajstić information content (AvgIpc) is 3.19. The molecule has 5 nitrogen and oxygen atoms in total. The molecule has 2 aliphatic carbocycles. The molecular weight excluding hydrogens is 316 g/mol. The molecule has 1 aromatic rings. The first kappa shape index (κ1) is 18.2. The van der Waals surface area contributed by atoms with Gasteiger partial charge >= 0.3 is 0 Å². The number of carbonyl (C=O) groups is 1. The van der Waals surface area contributed by atoms with Gasteiger partial charge in [0, 0.05) is 24.8 Å². The van der Waals surface area contributed by atoms with Gasteiger partial charge in [0.25, 0.3) is 0 Å². The van der Waals surface area contributed by atoms with Crippen molar-refractivity contribution in [2.45, 2.75) is 45.7 Å². The van der Waals surface area contributed by atoms with Gasteiger partial charge < -0.3 is 20.5 Å². The second-order valence-corrected chi connectivity index (χ2v) is 7.31. The number of nitrogens with one attached hydrogen (secondary N) is 1. The van der Waals surface area contributed by atoms with E-state index in [0.717, 1.165) is 29.7 Å². The van der Waals surface area contributed by atoms with Crippen molar-refractivity contribution < 1.29 is 14.3 Å². The van der Waals surface area contributed by atoms with Crippen molar-refractivity contribution >= 4 is 5.91 Å². The highest BCUT2D eigenvalue weighted by Crippen LogP contribution is 2.47. The highest BCUT2D eigenvalue weighted by atomic mass is 16.5. The molecule has 0 saturated heterocycles. The Morgan fingerprint density at radius 1 is 1.28 bits per heavy atom. The van der Waals surface area contributed by atoms with Crippen LogP contribution in [0.1, 0.15) is 37.3 Å². The van der Waals surface area contributed by atoms with E-state index in [1.807, 2.05) is 32.0 Å². The van der Waals surface area contributed by atoms with Gasteiger partial charge in [-0.15, -0.1) is 0 Å². The second-order valence-electron chi connectivity index (χ2n) is 7.31. The van der Waals surface area contributed by atoms with E-state index in [0.29, 0.717) is 38.2 Å². The van der Waals surface area contributed by atoms with E-state index >= 15 is 0 Å². The van der Waals surface area contributed by atoms with Gasteiger partial charge in [-0.1, -0.05) is 12.1 Å². The molecule has 5 heteroatoms. The molecule has 2 bridgehead atoms. The van der Waals surface area contributed by atoms with Crippen molar-refractivity contribution in [1.29, 1.82) is 0 Å². The molecule has 0 aromatic heterocycles. The summed E-state index contributed by atoms with van der Waals surface area (Å²) in [7, 11) is 0. The van der Waals surface area contributed by atoms with Gasteiger partial charge in [0.1, 0.15) is 12.4 Å². The predicted molar refractivity (Wildman–Crippen MR) is 97.3 cm³/mol. The number of fused-ring (bicyclic) bond motifs is 2. The highest BCUT2D eigenvalue weighted by Gasteiger charge is 2.48. The molecule has 3 rings (SSSR count). The van der Waals surface area contributed by atoms with Crippen molar-refractivity contribution in [1.82, 2.24) is 5.32 Å². The lowest BCUT2D eigenvalue weighted by molar-refractivity contribution is -0.127. The van der Waals surface area contributed by atoms with Crippen LogP contribution in [0, 0.1) is 24.7 Å².